The Bertz CT molecular complexity index is 912. The number of likely N-dealkylation sites (N-methyl/N-ethyl adjacent to an activating group) is 1. The van der Waals surface area contributed by atoms with E-state index in [0.29, 0.717) is 23.9 Å². The molecular weight excluding hydrogens is 395 g/mol. The second kappa shape index (κ2) is 6.99. The maximum atomic E-state index is 13.0. The van der Waals surface area contributed by atoms with E-state index in [9.17, 15) is 18.0 Å². The zero-order valence-electron chi connectivity index (χ0n) is 15.2. The quantitative estimate of drug-likeness (QED) is 0.753. The van der Waals surface area contributed by atoms with Crippen molar-refractivity contribution >= 4 is 17.5 Å². The molecule has 2 atom stereocenters. The number of hydrogen-bond acceptors (Lipinski definition) is 3. The summed E-state index contributed by atoms with van der Waals surface area (Å²) >= 11 is 6.04. The molecule has 4 rings (SSSR count). The van der Waals surface area contributed by atoms with Gasteiger partial charge in [0.25, 0.3) is 5.91 Å². The highest BCUT2D eigenvalue weighted by Crippen LogP contribution is 2.34. The molecule has 0 saturated carbocycles. The molecule has 2 aliphatic heterocycles. The van der Waals surface area contributed by atoms with E-state index < -0.39 is 12.1 Å². The summed E-state index contributed by atoms with van der Waals surface area (Å²) < 4.78 is 46.1. The number of carbonyl (C=O) groups is 1. The number of imidazole rings is 1. The van der Waals surface area contributed by atoms with Gasteiger partial charge in [-0.25, -0.2) is 4.98 Å². The molecule has 0 N–H and O–H groups in total. The number of benzene rings is 1. The zero-order chi connectivity index (χ0) is 20.1. The Labute approximate surface area is 165 Å². The van der Waals surface area contributed by atoms with Gasteiger partial charge in [-0.3, -0.25) is 4.79 Å². The molecule has 28 heavy (non-hydrogen) atoms. The van der Waals surface area contributed by atoms with E-state index >= 15 is 0 Å². The fourth-order valence-electron chi connectivity index (χ4n) is 3.76. The molecule has 1 aromatic carbocycles. The highest BCUT2D eigenvalue weighted by atomic mass is 35.5. The minimum Gasteiger partial charge on any atom is -0.491 e. The summed E-state index contributed by atoms with van der Waals surface area (Å²) in [5.74, 6) is -0.459. The molecule has 1 aromatic heterocycles. The second-order valence-corrected chi connectivity index (χ2v) is 7.75. The molecule has 2 aliphatic rings. The number of carbonyl (C=O) groups excluding carboxylic acids is 1. The fourth-order valence-corrected chi connectivity index (χ4v) is 3.95. The lowest BCUT2D eigenvalue weighted by Gasteiger charge is -2.32. The number of amides is 1. The molecule has 0 bridgehead atoms. The predicted molar refractivity (Wildman–Crippen MR) is 96.6 cm³/mol. The lowest BCUT2D eigenvalue weighted by Crippen LogP contribution is -2.44. The van der Waals surface area contributed by atoms with Gasteiger partial charge in [0, 0.05) is 31.2 Å². The average molecular weight is 414 g/mol. The third kappa shape index (κ3) is 3.57. The van der Waals surface area contributed by atoms with Crippen LogP contribution in [0.25, 0.3) is 0 Å². The van der Waals surface area contributed by atoms with Crippen molar-refractivity contribution in [2.24, 2.45) is 5.92 Å². The molecule has 0 fully saturated rings. The van der Waals surface area contributed by atoms with Crippen molar-refractivity contribution in [1.29, 1.82) is 0 Å². The van der Waals surface area contributed by atoms with Crippen LogP contribution in [0.4, 0.5) is 13.2 Å². The van der Waals surface area contributed by atoms with Gasteiger partial charge in [0.2, 0.25) is 0 Å². The van der Waals surface area contributed by atoms with Gasteiger partial charge < -0.3 is 14.2 Å². The van der Waals surface area contributed by atoms with Crippen LogP contribution in [-0.4, -0.2) is 46.2 Å². The number of rotatable bonds is 2. The first-order chi connectivity index (χ1) is 13.2. The molecule has 0 radical (unpaired) electrons. The number of nitrogens with zero attached hydrogens (tertiary/aromatic N) is 3. The first-order valence-corrected chi connectivity index (χ1v) is 9.41. The van der Waals surface area contributed by atoms with Gasteiger partial charge in [-0.1, -0.05) is 11.6 Å². The van der Waals surface area contributed by atoms with Crippen molar-refractivity contribution in [3.63, 3.8) is 0 Å². The van der Waals surface area contributed by atoms with E-state index in [-0.39, 0.29) is 37.0 Å². The first-order valence-electron chi connectivity index (χ1n) is 9.03. The fraction of sp³-hybridized carbons (Fsp3) is 0.474. The molecular formula is C19H19ClF3N3O2. The topological polar surface area (TPSA) is 47.4 Å². The number of ether oxygens (including phenoxy) is 1. The van der Waals surface area contributed by atoms with Crippen LogP contribution in [0.3, 0.4) is 0 Å². The van der Waals surface area contributed by atoms with Crippen molar-refractivity contribution < 1.29 is 22.7 Å². The standard InChI is InChI=1S/C19H19ClF3N3O2/c1-25(14-7-11-6-13(20)3-4-16(11)28-10-14)18(27)15-9-26-8-12(19(21,22)23)2-5-17(26)24-15/h3-4,6,9,12,14H,2,5,7-8,10H2,1H3/t12?,14-/m1/s1. The minimum absolute atomic E-state index is 0.00199. The number of aryl methyl sites for hydroxylation is 1. The number of alkyl halides is 3. The van der Waals surface area contributed by atoms with Crippen molar-refractivity contribution in [2.75, 3.05) is 13.7 Å². The van der Waals surface area contributed by atoms with Gasteiger partial charge in [0.05, 0.1) is 12.0 Å². The molecule has 150 valence electrons. The highest BCUT2D eigenvalue weighted by Gasteiger charge is 2.42. The van der Waals surface area contributed by atoms with Gasteiger partial charge in [-0.2, -0.15) is 13.2 Å². The Kier molecular flexibility index (Phi) is 4.77. The summed E-state index contributed by atoms with van der Waals surface area (Å²) in [5, 5.41) is 0.595. The molecule has 9 heteroatoms. The Morgan fingerprint density at radius 3 is 2.93 bits per heavy atom. The molecule has 0 aliphatic carbocycles. The molecule has 0 saturated heterocycles. The lowest BCUT2D eigenvalue weighted by atomic mass is 9.99. The summed E-state index contributed by atoms with van der Waals surface area (Å²) in [7, 11) is 1.66. The van der Waals surface area contributed by atoms with Crippen LogP contribution >= 0.6 is 11.6 Å². The first kappa shape index (κ1) is 19.1. The average Bonchev–Trinajstić information content (AvgIpc) is 3.08. The maximum absolute atomic E-state index is 13.0. The SMILES string of the molecule is CN(C(=O)c1cn2c(n1)CCC(C(F)(F)F)C2)[C@H]1COc2ccc(Cl)cc2C1. The zero-order valence-corrected chi connectivity index (χ0v) is 15.9. The summed E-state index contributed by atoms with van der Waals surface area (Å²) in [5.41, 5.74) is 1.08. The third-order valence-corrected chi connectivity index (χ3v) is 5.69. The summed E-state index contributed by atoms with van der Waals surface area (Å²) in [4.78, 5) is 18.7. The van der Waals surface area contributed by atoms with Crippen LogP contribution in [0.5, 0.6) is 5.75 Å². The van der Waals surface area contributed by atoms with Crippen LogP contribution in [-0.2, 0) is 19.4 Å². The van der Waals surface area contributed by atoms with Crippen molar-refractivity contribution in [3.8, 4) is 5.75 Å². The van der Waals surface area contributed by atoms with Gasteiger partial charge in [0.1, 0.15) is 23.9 Å². The predicted octanol–water partition coefficient (Wildman–Crippen LogP) is 3.74. The number of aromatic nitrogens is 2. The Morgan fingerprint density at radius 1 is 1.39 bits per heavy atom. The van der Waals surface area contributed by atoms with E-state index in [1.807, 2.05) is 6.07 Å². The van der Waals surface area contributed by atoms with Crippen LogP contribution in [0, 0.1) is 5.92 Å². The van der Waals surface area contributed by atoms with E-state index in [4.69, 9.17) is 16.3 Å². The number of hydrogen-bond donors (Lipinski definition) is 0. The van der Waals surface area contributed by atoms with Gasteiger partial charge in [-0.15, -0.1) is 0 Å². The second-order valence-electron chi connectivity index (χ2n) is 7.31. The lowest BCUT2D eigenvalue weighted by molar-refractivity contribution is -0.182. The monoisotopic (exact) mass is 413 g/mol. The third-order valence-electron chi connectivity index (χ3n) is 5.45. The molecule has 1 unspecified atom stereocenters. The molecule has 2 aromatic rings. The van der Waals surface area contributed by atoms with Crippen molar-refractivity contribution in [2.45, 2.75) is 38.0 Å². The number of fused-ring (bicyclic) bond motifs is 2. The Balaban J connectivity index is 1.49. The summed E-state index contributed by atoms with van der Waals surface area (Å²) in [6.45, 7) is 0.141. The van der Waals surface area contributed by atoms with Crippen LogP contribution in [0.2, 0.25) is 5.02 Å². The van der Waals surface area contributed by atoms with Gasteiger partial charge in [0.15, 0.2) is 0 Å². The molecule has 1 amide bonds. The molecule has 0 spiro atoms. The van der Waals surface area contributed by atoms with Crippen molar-refractivity contribution in [1.82, 2.24) is 14.5 Å². The largest absolute Gasteiger partial charge is 0.491 e. The normalized spacial score (nSPS) is 21.5. The van der Waals surface area contributed by atoms with Crippen LogP contribution in [0.1, 0.15) is 28.3 Å². The highest BCUT2D eigenvalue weighted by molar-refractivity contribution is 6.30. The van der Waals surface area contributed by atoms with Crippen molar-refractivity contribution in [3.05, 3.63) is 46.5 Å². The van der Waals surface area contributed by atoms with Gasteiger partial charge >= 0.3 is 6.18 Å². The van der Waals surface area contributed by atoms with E-state index in [0.717, 1.165) is 11.3 Å². The summed E-state index contributed by atoms with van der Waals surface area (Å²) in [6.07, 6.45) is -2.02. The summed E-state index contributed by atoms with van der Waals surface area (Å²) in [6, 6.07) is 5.16. The van der Waals surface area contributed by atoms with E-state index in [1.165, 1.54) is 10.8 Å². The molecule has 5 nitrogen and oxygen atoms in total. The van der Waals surface area contributed by atoms with Crippen LogP contribution in [0.15, 0.2) is 24.4 Å². The Hall–Kier alpha value is -2.22. The smallest absolute Gasteiger partial charge is 0.393 e. The van der Waals surface area contributed by atoms with Crippen LogP contribution < -0.4 is 4.74 Å². The Morgan fingerprint density at radius 2 is 2.18 bits per heavy atom. The minimum atomic E-state index is -4.24. The number of halogens is 4. The van der Waals surface area contributed by atoms with E-state index in [2.05, 4.69) is 4.98 Å². The van der Waals surface area contributed by atoms with Gasteiger partial charge in [-0.05, 0) is 36.6 Å². The maximum Gasteiger partial charge on any atom is 0.393 e. The van der Waals surface area contributed by atoms with E-state index in [1.54, 1.807) is 24.1 Å². The molecule has 3 heterocycles.